The maximum Gasteiger partial charge on any atom is 0.317 e. The van der Waals surface area contributed by atoms with Crippen LogP contribution in [0.25, 0.3) is 0 Å². The van der Waals surface area contributed by atoms with E-state index < -0.39 is 291 Å². The van der Waals surface area contributed by atoms with E-state index in [4.69, 9.17) is 66.3 Å². The van der Waals surface area contributed by atoms with Crippen molar-refractivity contribution in [2.24, 2.45) is 50.2 Å². The Labute approximate surface area is 681 Å². The quantitative estimate of drug-likeness (QED) is 0.0130. The van der Waals surface area contributed by atoms with Crippen LogP contribution < -0.4 is 5.32 Å². The molecule has 17 unspecified atom stereocenters. The van der Waals surface area contributed by atoms with Crippen molar-refractivity contribution in [3.8, 4) is 0 Å². The van der Waals surface area contributed by atoms with E-state index in [1.165, 1.54) is 13.8 Å². The van der Waals surface area contributed by atoms with Crippen LogP contribution in [0.5, 0.6) is 0 Å². The normalized spacial score (nSPS) is 50.6. The lowest BCUT2D eigenvalue weighted by molar-refractivity contribution is -0.384. The van der Waals surface area contributed by atoms with Gasteiger partial charge in [0.1, 0.15) is 146 Å². The van der Waals surface area contributed by atoms with Crippen LogP contribution in [0.4, 0.5) is 0 Å². The fraction of sp³-hybridized carbons (Fsp3) is 0.926. The molecular formula is C81H132NO35. The fourth-order valence-corrected chi connectivity index (χ4v) is 21.9. The van der Waals surface area contributed by atoms with E-state index in [0.717, 1.165) is 63.4 Å². The predicted octanol–water partition coefficient (Wildman–Crippen LogP) is -2.23. The Balaban J connectivity index is 0.846. The van der Waals surface area contributed by atoms with Crippen LogP contribution in [0.1, 0.15) is 184 Å². The van der Waals surface area contributed by atoms with Crippen LogP contribution in [-0.2, 0) is 80.7 Å². The first-order chi connectivity index (χ1) is 55.3. The Bertz CT molecular complexity index is 3310. The van der Waals surface area contributed by atoms with E-state index in [0.29, 0.717) is 51.4 Å². The van der Waals surface area contributed by atoms with Gasteiger partial charge in [0.25, 0.3) is 0 Å². The first-order valence-electron chi connectivity index (χ1n) is 42.3. The van der Waals surface area contributed by atoms with Gasteiger partial charge < -0.3 is 168 Å². The number of amides is 1. The highest BCUT2D eigenvalue weighted by Gasteiger charge is 2.73. The highest BCUT2D eigenvalue weighted by atomic mass is 16.8. The summed E-state index contributed by atoms with van der Waals surface area (Å²) < 4.78 is 87.3. The molecule has 12 aliphatic rings. The summed E-state index contributed by atoms with van der Waals surface area (Å²) in [6.07, 6.45) is -42.3. The van der Waals surface area contributed by atoms with Crippen molar-refractivity contribution in [3.63, 3.8) is 0 Å². The predicted molar refractivity (Wildman–Crippen MR) is 399 cm³/mol. The Morgan fingerprint density at radius 3 is 1.65 bits per heavy atom. The lowest BCUT2D eigenvalue weighted by Crippen LogP contribution is -2.71. The fourth-order valence-electron chi connectivity index (χ4n) is 21.9. The number of hydrogen-bond acceptors (Lipinski definition) is 35. The van der Waals surface area contributed by atoms with E-state index in [9.17, 15) is 102 Å². The first-order valence-corrected chi connectivity index (χ1v) is 42.3. The number of aliphatic hydroxyl groups excluding tert-OH is 18. The number of hydrogen-bond donors (Lipinski definition) is 19. The minimum atomic E-state index is -2.11. The van der Waals surface area contributed by atoms with E-state index in [1.54, 1.807) is 6.92 Å². The number of rotatable bonds is 28. The number of unbranched alkanes of at least 4 members (excludes halogenated alkanes) is 8. The van der Waals surface area contributed by atoms with Crippen molar-refractivity contribution in [1.82, 2.24) is 5.32 Å². The highest BCUT2D eigenvalue weighted by molar-refractivity contribution is 5.80. The molecule has 12 rings (SSSR count). The Morgan fingerprint density at radius 1 is 0.513 bits per heavy atom. The van der Waals surface area contributed by atoms with Crippen LogP contribution in [0.3, 0.4) is 0 Å². The number of allylic oxidation sites excluding steroid dienone is 2. The Hall–Kier alpha value is -2.89. The highest BCUT2D eigenvalue weighted by Crippen LogP contribution is 2.76. The zero-order chi connectivity index (χ0) is 85.1. The number of carbonyl (C=O) groups is 3. The zero-order valence-corrected chi connectivity index (χ0v) is 68.3. The number of esters is 1. The van der Waals surface area contributed by atoms with Gasteiger partial charge >= 0.3 is 5.97 Å². The van der Waals surface area contributed by atoms with Gasteiger partial charge in [-0.15, -0.1) is 0 Å². The average molecular weight is 1680 g/mol. The van der Waals surface area contributed by atoms with Gasteiger partial charge in [-0.3, -0.25) is 9.59 Å². The number of nitrogens with one attached hydrogen (secondary N) is 1. The molecule has 36 nitrogen and oxygen atoms in total. The molecule has 1 amide bonds. The molecule has 7 aliphatic heterocycles. The summed E-state index contributed by atoms with van der Waals surface area (Å²) in [6, 6.07) is -1.52. The monoisotopic (exact) mass is 1680 g/mol. The van der Waals surface area contributed by atoms with Gasteiger partial charge in [0.2, 0.25) is 12.2 Å². The van der Waals surface area contributed by atoms with Crippen LogP contribution in [0.15, 0.2) is 11.6 Å². The van der Waals surface area contributed by atoms with Crippen molar-refractivity contribution < 1.29 is 173 Å². The van der Waals surface area contributed by atoms with E-state index in [-0.39, 0.29) is 31.6 Å². The number of carbonyl (C=O) groups excluding carboxylic acids is 3. The first kappa shape index (κ1) is 93.3. The molecule has 7 heterocycles. The summed E-state index contributed by atoms with van der Waals surface area (Å²) in [7, 11) is 0. The van der Waals surface area contributed by atoms with Crippen LogP contribution in [0.2, 0.25) is 0 Å². The third kappa shape index (κ3) is 17.9. The van der Waals surface area contributed by atoms with Gasteiger partial charge in [-0.1, -0.05) is 111 Å². The van der Waals surface area contributed by atoms with Crippen LogP contribution >= 0.6 is 0 Å². The van der Waals surface area contributed by atoms with Gasteiger partial charge in [-0.05, 0) is 117 Å². The third-order valence-electron chi connectivity index (χ3n) is 29.2. The standard InChI is InChI=1S/C81H132NO35/c1-10-11-12-13-14-15-16-17-18-19-49(90)82-50-43(30-83)109-74(67(65(50)114-70-60(100)55(95)51(91)36(2)107-70)116-71-62(102)57(97)63(37(3)108-71)112-68-58(98)52(92)40(86)32-104-68)117-75(103)81-27-26-76(4,5)28-39(81)38-20-21-46-77(6)24-23-48(78(7,35-85)45(77)22-25-79(46,8)80(38,9)29-47(81)89)111-73-66(115-72-61(101)56(96)54(94)44(31-84)110-72)64(42(88)34-106-73)113-69-59(99)53(93)41(87)33-105-69/h20,34-37,39-48,50-74,83-84,86-89,91-102H,10-19,21-33H2,1-9H3,(H,82,90)/t36?,37?,39?,40-,41+,42+,43?,44?,45-,46?,47?,48+,50-,51+,52?,53+,54+,55-,56+,57?,58-,59?,60?,61?,62+,63-,64+,65?,66?,67-,68-,69+,70+,71-,72+,73+,74-,77?,78-,79?,80?,81-/m1/s1. The van der Waals surface area contributed by atoms with Crippen molar-refractivity contribution in [1.29, 1.82) is 0 Å². The zero-order valence-electron chi connectivity index (χ0n) is 68.3. The number of fused-ring (bicyclic) bond motifs is 7. The second kappa shape index (κ2) is 37.7. The van der Waals surface area contributed by atoms with Crippen molar-refractivity contribution in [3.05, 3.63) is 18.3 Å². The van der Waals surface area contributed by atoms with Gasteiger partial charge in [0.05, 0.1) is 62.3 Å². The summed E-state index contributed by atoms with van der Waals surface area (Å²) >= 11 is 0. The Kier molecular flexibility index (Phi) is 30.1. The minimum Gasteiger partial charge on any atom is -0.432 e. The molecule has 11 fully saturated rings. The molecule has 7 saturated heterocycles. The number of aliphatic hydroxyl groups is 18. The second-order valence-corrected chi connectivity index (χ2v) is 37.1. The van der Waals surface area contributed by atoms with Gasteiger partial charge in [-0.2, -0.15) is 0 Å². The molecule has 0 aromatic rings. The van der Waals surface area contributed by atoms with Crippen molar-refractivity contribution in [2.75, 3.05) is 26.4 Å². The molecule has 117 heavy (non-hydrogen) atoms. The molecule has 0 spiro atoms. The number of ether oxygens (including phenoxy) is 14. The topological polar surface area (TPSA) is 557 Å². The van der Waals surface area contributed by atoms with E-state index in [1.807, 2.05) is 0 Å². The van der Waals surface area contributed by atoms with Crippen molar-refractivity contribution in [2.45, 2.75) is 393 Å². The minimum absolute atomic E-state index is 0.00851. The Morgan fingerprint density at radius 2 is 1.04 bits per heavy atom. The lowest BCUT2D eigenvalue weighted by atomic mass is 9.33. The second-order valence-electron chi connectivity index (χ2n) is 37.1. The maximum atomic E-state index is 16.5. The summed E-state index contributed by atoms with van der Waals surface area (Å²) in [4.78, 5) is 45.3. The van der Waals surface area contributed by atoms with Gasteiger partial charge in [0, 0.05) is 6.42 Å². The molecule has 0 aromatic carbocycles. The molecule has 1 radical (unpaired) electrons. The molecule has 4 saturated carbocycles. The molecule has 19 N–H and O–H groups in total. The summed E-state index contributed by atoms with van der Waals surface area (Å²) in [5.41, 5.74) is -4.89. The summed E-state index contributed by atoms with van der Waals surface area (Å²) in [6.45, 7) is 15.6. The molecular weight excluding hydrogens is 1550 g/mol. The van der Waals surface area contributed by atoms with Crippen molar-refractivity contribution >= 4 is 18.2 Å². The number of aldehydes is 1. The lowest BCUT2D eigenvalue weighted by Gasteiger charge is -2.71. The average Bonchev–Trinajstić information content (AvgIpc) is 0.669. The molecule has 671 valence electrons. The molecule has 5 aliphatic carbocycles. The molecule has 36 heteroatoms. The van der Waals surface area contributed by atoms with Crippen LogP contribution in [-0.4, -0.2) is 345 Å². The van der Waals surface area contributed by atoms with Crippen LogP contribution in [0, 0.1) is 56.9 Å². The van der Waals surface area contributed by atoms with E-state index in [2.05, 4.69) is 52.9 Å². The molecule has 42 atom stereocenters. The molecule has 0 bridgehead atoms. The summed E-state index contributed by atoms with van der Waals surface area (Å²) in [5, 5.41) is 204. The molecule has 0 aromatic heterocycles. The SMILES string of the molecule is CCCCCCCCCCCC(=O)N[C@@H]1C(CO)O[C@H](OC(=O)[C@]23CCC(C)(C)CC2C2=CCC4C5(C)CC[C@H](O[C@@H]6O[CH][C@H](O)[C@H](O[C@@H]7OC[C@H](O)[C@H](O)C7O)C6O[C@@H]6OC(CO)[C@H](O)[C@H](O)C6O)[C@](C)(C=O)[C@@H]5CCC4(C)C2(C)CC3O)[C@H](O[C@H]2OC(C)[C@@H](O[C@H]3OC[C@@H](O)C(O)[C@H]3O)C(O)[C@@H]2O)C1O[C@@H]1OC(C)[C@H](O)[C@@H](O)C1O. The summed E-state index contributed by atoms with van der Waals surface area (Å²) in [5.74, 6) is -2.90. The maximum absolute atomic E-state index is 16.5. The largest absolute Gasteiger partial charge is 0.432 e. The third-order valence-corrected chi connectivity index (χ3v) is 29.2. The van der Waals surface area contributed by atoms with E-state index >= 15 is 4.79 Å². The smallest absolute Gasteiger partial charge is 0.317 e. The van der Waals surface area contributed by atoms with Gasteiger partial charge in [0.15, 0.2) is 43.8 Å². The van der Waals surface area contributed by atoms with Gasteiger partial charge in [-0.25, -0.2) is 0 Å².